The summed E-state index contributed by atoms with van der Waals surface area (Å²) < 4.78 is 12.7. The van der Waals surface area contributed by atoms with Gasteiger partial charge in [-0.1, -0.05) is 12.1 Å². The summed E-state index contributed by atoms with van der Waals surface area (Å²) in [7, 11) is 0. The van der Waals surface area contributed by atoms with Crippen LogP contribution >= 0.6 is 0 Å². The number of benzene rings is 2. The third-order valence-electron chi connectivity index (χ3n) is 6.51. The molecule has 0 aliphatic carbocycles. The molecule has 0 spiro atoms. The minimum Gasteiger partial charge on any atom is -0.482 e. The average Bonchev–Trinajstić information content (AvgIpc) is 3.40. The molecule has 6 rings (SSSR count). The summed E-state index contributed by atoms with van der Waals surface area (Å²) in [5, 5.41) is 6.30. The highest BCUT2D eigenvalue weighted by Gasteiger charge is 2.33. The first-order valence-electron chi connectivity index (χ1n) is 11.3. The predicted molar refractivity (Wildman–Crippen MR) is 124 cm³/mol. The Kier molecular flexibility index (Phi) is 4.95. The van der Waals surface area contributed by atoms with Gasteiger partial charge in [0.15, 0.2) is 6.61 Å². The number of aromatic nitrogens is 2. The molecule has 3 aliphatic rings. The highest BCUT2D eigenvalue weighted by molar-refractivity contribution is 5.97. The summed E-state index contributed by atoms with van der Waals surface area (Å²) in [6, 6.07) is 11.2. The smallest absolute Gasteiger partial charge is 0.414 e. The molecule has 0 radical (unpaired) electrons. The normalized spacial score (nSPS) is 20.8. The molecule has 0 bridgehead atoms. The van der Waals surface area contributed by atoms with Gasteiger partial charge in [0, 0.05) is 12.2 Å². The fourth-order valence-electron chi connectivity index (χ4n) is 4.90. The number of cyclic esters (lactones) is 1. The maximum atomic E-state index is 12.5. The van der Waals surface area contributed by atoms with Gasteiger partial charge in [-0.2, -0.15) is 0 Å². The summed E-state index contributed by atoms with van der Waals surface area (Å²) in [6.07, 6.45) is 2.29. The van der Waals surface area contributed by atoms with E-state index < -0.39 is 6.09 Å². The second-order valence-corrected chi connectivity index (χ2v) is 8.70. The number of nitrogens with zero attached hydrogens (tertiary/aromatic N) is 3. The number of nitrogens with one attached hydrogen (secondary N) is 2. The van der Waals surface area contributed by atoms with Gasteiger partial charge in [0.25, 0.3) is 11.5 Å². The lowest BCUT2D eigenvalue weighted by atomic mass is 10.1. The van der Waals surface area contributed by atoms with Crippen LogP contribution < -0.4 is 25.8 Å². The molecule has 1 aromatic heterocycles. The van der Waals surface area contributed by atoms with Gasteiger partial charge in [0.1, 0.15) is 11.9 Å². The zero-order chi connectivity index (χ0) is 23.2. The van der Waals surface area contributed by atoms with Gasteiger partial charge < -0.3 is 24.7 Å². The minimum absolute atomic E-state index is 0.00999. The maximum Gasteiger partial charge on any atom is 0.414 e. The summed E-state index contributed by atoms with van der Waals surface area (Å²) in [5.41, 5.74) is 3.94. The van der Waals surface area contributed by atoms with Gasteiger partial charge in [-0.05, 0) is 49.2 Å². The van der Waals surface area contributed by atoms with Crippen LogP contribution in [0.15, 0.2) is 47.4 Å². The van der Waals surface area contributed by atoms with Crippen molar-refractivity contribution in [2.24, 2.45) is 0 Å². The zero-order valence-corrected chi connectivity index (χ0v) is 18.3. The lowest BCUT2D eigenvalue weighted by molar-refractivity contribution is -0.118. The molecule has 0 unspecified atom stereocenters. The van der Waals surface area contributed by atoms with Gasteiger partial charge in [0.05, 0.1) is 35.5 Å². The fraction of sp³-hybridized carbons (Fsp3) is 0.333. The number of ether oxygens (including phenoxy) is 2. The lowest BCUT2D eigenvalue weighted by Crippen LogP contribution is -2.28. The van der Waals surface area contributed by atoms with Crippen LogP contribution in [-0.2, 0) is 16.1 Å². The number of hydrogen-bond acceptors (Lipinski definition) is 7. The SMILES string of the molecule is O=C1COc2ccc(N3C[C@@H](CCCN[C@H]4Cn5c(=O)cnc6cccc4c65)OC3=O)cc2N1. The molecule has 174 valence electrons. The molecular weight excluding hydrogens is 438 g/mol. The van der Waals surface area contributed by atoms with Crippen molar-refractivity contribution in [3.63, 3.8) is 0 Å². The molecule has 34 heavy (non-hydrogen) atoms. The summed E-state index contributed by atoms with van der Waals surface area (Å²) in [4.78, 5) is 42.1. The van der Waals surface area contributed by atoms with Crippen LogP contribution in [0.4, 0.5) is 16.2 Å². The number of amides is 2. The number of fused-ring (bicyclic) bond motifs is 1. The standard InChI is InChI=1S/C24H23N5O5/c30-21-13-33-20-7-6-14(9-18(20)27-21)28-11-15(34-24(28)32)3-2-8-25-19-12-29-22(31)10-26-17-5-1-4-16(19)23(17)29/h1,4-7,9-10,15,19,25H,2-3,8,11-13H2,(H,27,30)/t15-,19+/m1/s1. The van der Waals surface area contributed by atoms with E-state index in [2.05, 4.69) is 15.6 Å². The van der Waals surface area contributed by atoms with Crippen molar-refractivity contribution in [1.82, 2.24) is 14.9 Å². The van der Waals surface area contributed by atoms with Gasteiger partial charge in [0.2, 0.25) is 0 Å². The topological polar surface area (TPSA) is 115 Å². The minimum atomic E-state index is -0.397. The van der Waals surface area contributed by atoms with Gasteiger partial charge in [-0.15, -0.1) is 0 Å². The Bertz CT molecular complexity index is 1370. The number of hydrogen-bond donors (Lipinski definition) is 2. The monoisotopic (exact) mass is 461 g/mol. The van der Waals surface area contributed by atoms with E-state index in [1.807, 2.05) is 18.2 Å². The van der Waals surface area contributed by atoms with Crippen LogP contribution in [0.1, 0.15) is 24.4 Å². The molecule has 2 N–H and O–H groups in total. The Morgan fingerprint density at radius 1 is 1.15 bits per heavy atom. The summed E-state index contributed by atoms with van der Waals surface area (Å²) >= 11 is 0. The molecule has 0 saturated carbocycles. The number of carbonyl (C=O) groups is 2. The Balaban J connectivity index is 1.05. The molecule has 10 nitrogen and oxygen atoms in total. The van der Waals surface area contributed by atoms with Crippen LogP contribution in [0.25, 0.3) is 11.0 Å². The first-order chi connectivity index (χ1) is 16.6. The number of anilines is 2. The second-order valence-electron chi connectivity index (χ2n) is 8.70. The van der Waals surface area contributed by atoms with Gasteiger partial charge in [-0.3, -0.25) is 14.5 Å². The van der Waals surface area contributed by atoms with E-state index in [-0.39, 0.29) is 30.2 Å². The molecule has 3 aromatic rings. The molecule has 2 aromatic carbocycles. The van der Waals surface area contributed by atoms with Gasteiger partial charge >= 0.3 is 6.09 Å². The Hall–Kier alpha value is -3.92. The third-order valence-corrected chi connectivity index (χ3v) is 6.51. The quantitative estimate of drug-likeness (QED) is 0.541. The second kappa shape index (κ2) is 8.14. The summed E-state index contributed by atoms with van der Waals surface area (Å²) in [6.45, 7) is 1.75. The number of rotatable bonds is 6. The van der Waals surface area contributed by atoms with E-state index in [0.717, 1.165) is 29.6 Å². The highest BCUT2D eigenvalue weighted by atomic mass is 16.6. The maximum absolute atomic E-state index is 12.5. The molecular formula is C24H23N5O5. The fourth-order valence-corrected chi connectivity index (χ4v) is 4.90. The largest absolute Gasteiger partial charge is 0.482 e. The molecule has 1 fully saturated rings. The Labute approximate surface area is 194 Å². The van der Waals surface area contributed by atoms with Crippen molar-refractivity contribution in [2.75, 3.05) is 29.9 Å². The van der Waals surface area contributed by atoms with Crippen LogP contribution in [0.5, 0.6) is 5.75 Å². The van der Waals surface area contributed by atoms with Crippen molar-refractivity contribution >= 4 is 34.4 Å². The van der Waals surface area contributed by atoms with Crippen LogP contribution in [-0.4, -0.2) is 47.4 Å². The molecule has 1 saturated heterocycles. The molecule has 4 heterocycles. The van der Waals surface area contributed by atoms with Crippen molar-refractivity contribution in [1.29, 1.82) is 0 Å². The first-order valence-corrected chi connectivity index (χ1v) is 11.3. The van der Waals surface area contributed by atoms with Crippen LogP contribution in [0.2, 0.25) is 0 Å². The van der Waals surface area contributed by atoms with Crippen LogP contribution in [0.3, 0.4) is 0 Å². The highest BCUT2D eigenvalue weighted by Crippen LogP contribution is 2.34. The van der Waals surface area contributed by atoms with Crippen molar-refractivity contribution in [2.45, 2.75) is 31.5 Å². The number of para-hydroxylation sites is 1. The average molecular weight is 461 g/mol. The van der Waals surface area contributed by atoms with Crippen molar-refractivity contribution < 1.29 is 19.1 Å². The predicted octanol–water partition coefficient (Wildman–Crippen LogP) is 2.18. The van der Waals surface area contributed by atoms with E-state index >= 15 is 0 Å². The van der Waals surface area contributed by atoms with Crippen LogP contribution in [0, 0.1) is 0 Å². The molecule has 2 atom stereocenters. The van der Waals surface area contributed by atoms with E-state index in [1.54, 1.807) is 27.7 Å². The Morgan fingerprint density at radius 3 is 2.97 bits per heavy atom. The van der Waals surface area contributed by atoms with E-state index in [9.17, 15) is 14.4 Å². The first kappa shape index (κ1) is 20.7. The van der Waals surface area contributed by atoms with E-state index in [0.29, 0.717) is 36.6 Å². The lowest BCUT2D eigenvalue weighted by Gasteiger charge is -2.20. The third kappa shape index (κ3) is 3.56. The molecule has 2 amide bonds. The van der Waals surface area contributed by atoms with Crippen molar-refractivity contribution in [3.05, 3.63) is 58.5 Å². The van der Waals surface area contributed by atoms with E-state index in [4.69, 9.17) is 9.47 Å². The molecule has 3 aliphatic heterocycles. The Morgan fingerprint density at radius 2 is 2.06 bits per heavy atom. The number of carbonyl (C=O) groups excluding carboxylic acids is 2. The van der Waals surface area contributed by atoms with Crippen molar-refractivity contribution in [3.8, 4) is 5.75 Å². The van der Waals surface area contributed by atoms with E-state index in [1.165, 1.54) is 6.20 Å². The zero-order valence-electron chi connectivity index (χ0n) is 18.3. The molecule has 10 heteroatoms. The summed E-state index contributed by atoms with van der Waals surface area (Å²) in [5.74, 6) is 0.364. The van der Waals surface area contributed by atoms with Gasteiger partial charge in [-0.25, -0.2) is 9.78 Å².